The van der Waals surface area contributed by atoms with Gasteiger partial charge in [0.15, 0.2) is 0 Å². The summed E-state index contributed by atoms with van der Waals surface area (Å²) in [4.78, 5) is 0. The molecule has 3 heteroatoms. The monoisotopic (exact) mass is 345 g/mol. The van der Waals surface area contributed by atoms with Gasteiger partial charge in [0.2, 0.25) is 0 Å². The summed E-state index contributed by atoms with van der Waals surface area (Å²) in [5, 5.41) is 3.42. The van der Waals surface area contributed by atoms with Crippen LogP contribution in [0.2, 0.25) is 0 Å². The Balaban J connectivity index is 1.82. The lowest BCUT2D eigenvalue weighted by molar-refractivity contribution is 0.0298. The molecule has 0 saturated heterocycles. The molecule has 0 fully saturated rings. The van der Waals surface area contributed by atoms with Crippen molar-refractivity contribution in [3.8, 4) is 0 Å². The summed E-state index contributed by atoms with van der Waals surface area (Å²) in [5.41, 5.74) is 4.07. The van der Waals surface area contributed by atoms with E-state index in [4.69, 9.17) is 4.74 Å². The van der Waals surface area contributed by atoms with Crippen molar-refractivity contribution in [3.63, 3.8) is 0 Å². The van der Waals surface area contributed by atoms with Gasteiger partial charge < -0.3 is 10.1 Å². The minimum absolute atomic E-state index is 0.173. The van der Waals surface area contributed by atoms with Crippen LogP contribution in [0.4, 0.5) is 0 Å². The van der Waals surface area contributed by atoms with Crippen molar-refractivity contribution in [2.24, 2.45) is 0 Å². The molecule has 0 amide bonds. The fourth-order valence-corrected chi connectivity index (χ4v) is 3.45. The van der Waals surface area contributed by atoms with Crippen molar-refractivity contribution >= 4 is 15.9 Å². The third kappa shape index (κ3) is 3.37. The normalized spacial score (nSPS) is 19.0. The molecule has 0 bridgehead atoms. The molecule has 2 nitrogen and oxygen atoms in total. The first kappa shape index (κ1) is 14.8. The van der Waals surface area contributed by atoms with Crippen LogP contribution in [0.25, 0.3) is 0 Å². The molecule has 3 rings (SSSR count). The molecule has 2 unspecified atom stereocenters. The van der Waals surface area contributed by atoms with Gasteiger partial charge in [0.25, 0.3) is 0 Å². The van der Waals surface area contributed by atoms with Crippen molar-refractivity contribution in [2.45, 2.75) is 25.0 Å². The van der Waals surface area contributed by atoms with Gasteiger partial charge in [0.1, 0.15) is 0 Å². The van der Waals surface area contributed by atoms with Gasteiger partial charge in [-0.2, -0.15) is 0 Å². The molecule has 1 N–H and O–H groups in total. The van der Waals surface area contributed by atoms with Crippen molar-refractivity contribution in [1.82, 2.24) is 5.32 Å². The summed E-state index contributed by atoms with van der Waals surface area (Å²) in [5.74, 6) is 0. The maximum atomic E-state index is 6.04. The summed E-state index contributed by atoms with van der Waals surface area (Å²) < 4.78 is 7.15. The number of rotatable bonds is 4. The molecule has 0 aromatic heterocycles. The molecular formula is C18H20BrNO. The maximum absolute atomic E-state index is 6.04. The van der Waals surface area contributed by atoms with E-state index in [-0.39, 0.29) is 6.10 Å². The molecule has 21 heavy (non-hydrogen) atoms. The SMILES string of the molecule is CNC(CC1OCCc2ccccc21)c1cccc(Br)c1. The lowest BCUT2D eigenvalue weighted by Gasteiger charge is -2.29. The second kappa shape index (κ2) is 6.73. The molecule has 2 atom stereocenters. The average Bonchev–Trinajstić information content (AvgIpc) is 2.52. The first-order chi connectivity index (χ1) is 10.3. The highest BCUT2D eigenvalue weighted by Crippen LogP contribution is 2.34. The fraction of sp³-hybridized carbons (Fsp3) is 0.333. The Kier molecular flexibility index (Phi) is 4.73. The second-order valence-corrected chi connectivity index (χ2v) is 6.36. The van der Waals surface area contributed by atoms with Crippen molar-refractivity contribution in [2.75, 3.05) is 13.7 Å². The highest BCUT2D eigenvalue weighted by Gasteiger charge is 2.24. The zero-order valence-electron chi connectivity index (χ0n) is 12.2. The van der Waals surface area contributed by atoms with Crippen LogP contribution in [-0.2, 0) is 11.2 Å². The largest absolute Gasteiger partial charge is 0.373 e. The number of halogens is 1. The molecule has 2 aromatic carbocycles. The number of nitrogens with one attached hydrogen (secondary N) is 1. The molecule has 110 valence electrons. The summed E-state index contributed by atoms with van der Waals surface area (Å²) in [6, 6.07) is 17.4. The Hall–Kier alpha value is -1.16. The van der Waals surface area contributed by atoms with Crippen LogP contribution >= 0.6 is 15.9 Å². The molecule has 2 aromatic rings. The van der Waals surface area contributed by atoms with Gasteiger partial charge in [0.05, 0.1) is 12.7 Å². The van der Waals surface area contributed by atoms with Crippen LogP contribution in [0.5, 0.6) is 0 Å². The maximum Gasteiger partial charge on any atom is 0.0845 e. The van der Waals surface area contributed by atoms with Crippen LogP contribution in [-0.4, -0.2) is 13.7 Å². The van der Waals surface area contributed by atoms with Crippen molar-refractivity contribution < 1.29 is 4.74 Å². The van der Waals surface area contributed by atoms with Gasteiger partial charge in [-0.05, 0) is 48.7 Å². The summed E-state index contributed by atoms with van der Waals surface area (Å²) in [7, 11) is 2.01. The third-order valence-corrected chi connectivity index (χ3v) is 4.63. The quantitative estimate of drug-likeness (QED) is 0.885. The second-order valence-electron chi connectivity index (χ2n) is 5.44. The number of fused-ring (bicyclic) bond motifs is 1. The third-order valence-electron chi connectivity index (χ3n) is 4.14. The van der Waals surface area contributed by atoms with E-state index >= 15 is 0 Å². The minimum atomic E-state index is 0.173. The standard InChI is InChI=1S/C18H20BrNO/c1-20-17(14-6-4-7-15(19)11-14)12-18-16-8-3-2-5-13(16)9-10-21-18/h2-8,11,17-18,20H,9-10,12H2,1H3. The fourth-order valence-electron chi connectivity index (χ4n) is 3.03. The molecule has 1 aliphatic rings. The van der Waals surface area contributed by atoms with E-state index in [9.17, 15) is 0 Å². The lowest BCUT2D eigenvalue weighted by Crippen LogP contribution is -2.23. The highest BCUT2D eigenvalue weighted by atomic mass is 79.9. The zero-order valence-corrected chi connectivity index (χ0v) is 13.8. The van der Waals surface area contributed by atoms with E-state index in [0.717, 1.165) is 23.9 Å². The van der Waals surface area contributed by atoms with Crippen LogP contribution in [0, 0.1) is 0 Å². The summed E-state index contributed by atoms with van der Waals surface area (Å²) >= 11 is 3.55. The first-order valence-corrected chi connectivity index (χ1v) is 8.19. The van der Waals surface area contributed by atoms with E-state index in [1.165, 1.54) is 16.7 Å². The topological polar surface area (TPSA) is 21.3 Å². The molecule has 0 spiro atoms. The van der Waals surface area contributed by atoms with E-state index in [0.29, 0.717) is 6.04 Å². The van der Waals surface area contributed by atoms with E-state index < -0.39 is 0 Å². The zero-order chi connectivity index (χ0) is 14.7. The Morgan fingerprint density at radius 1 is 1.24 bits per heavy atom. The van der Waals surface area contributed by atoms with Gasteiger partial charge in [0, 0.05) is 10.5 Å². The number of hydrogen-bond donors (Lipinski definition) is 1. The highest BCUT2D eigenvalue weighted by molar-refractivity contribution is 9.10. The summed E-state index contributed by atoms with van der Waals surface area (Å²) in [6.07, 6.45) is 2.14. The Morgan fingerprint density at radius 3 is 2.90 bits per heavy atom. The molecule has 0 saturated carbocycles. The number of ether oxygens (including phenoxy) is 1. The smallest absolute Gasteiger partial charge is 0.0845 e. The minimum Gasteiger partial charge on any atom is -0.373 e. The summed E-state index contributed by atoms with van der Waals surface area (Å²) in [6.45, 7) is 0.816. The van der Waals surface area contributed by atoms with Gasteiger partial charge in [-0.1, -0.05) is 52.3 Å². The molecule has 1 aliphatic heterocycles. The van der Waals surface area contributed by atoms with Crippen LogP contribution < -0.4 is 5.32 Å². The predicted molar refractivity (Wildman–Crippen MR) is 89.4 cm³/mol. The van der Waals surface area contributed by atoms with Gasteiger partial charge in [-0.25, -0.2) is 0 Å². The number of benzene rings is 2. The number of hydrogen-bond acceptors (Lipinski definition) is 2. The van der Waals surface area contributed by atoms with Crippen LogP contribution in [0.15, 0.2) is 53.0 Å². The van der Waals surface area contributed by atoms with Gasteiger partial charge in [-0.3, -0.25) is 0 Å². The van der Waals surface area contributed by atoms with Crippen molar-refractivity contribution in [1.29, 1.82) is 0 Å². The van der Waals surface area contributed by atoms with Gasteiger partial charge in [-0.15, -0.1) is 0 Å². The van der Waals surface area contributed by atoms with E-state index in [1.54, 1.807) is 0 Å². The Bertz CT molecular complexity index is 614. The van der Waals surface area contributed by atoms with Crippen LogP contribution in [0.1, 0.15) is 35.3 Å². The van der Waals surface area contributed by atoms with E-state index in [2.05, 4.69) is 69.8 Å². The molecule has 1 heterocycles. The molecule has 0 aliphatic carbocycles. The lowest BCUT2D eigenvalue weighted by atomic mass is 9.91. The van der Waals surface area contributed by atoms with Gasteiger partial charge >= 0.3 is 0 Å². The Labute approximate surface area is 134 Å². The Morgan fingerprint density at radius 2 is 2.10 bits per heavy atom. The predicted octanol–water partition coefficient (Wildman–Crippen LogP) is 4.41. The average molecular weight is 346 g/mol. The molecule has 0 radical (unpaired) electrons. The van der Waals surface area contributed by atoms with E-state index in [1.807, 2.05) is 7.05 Å². The molecular weight excluding hydrogens is 326 g/mol. The van der Waals surface area contributed by atoms with Crippen molar-refractivity contribution in [3.05, 3.63) is 69.7 Å². The van der Waals surface area contributed by atoms with Crippen LogP contribution in [0.3, 0.4) is 0 Å². The first-order valence-electron chi connectivity index (χ1n) is 7.40.